The van der Waals surface area contributed by atoms with Crippen molar-refractivity contribution in [1.29, 1.82) is 0 Å². The summed E-state index contributed by atoms with van der Waals surface area (Å²) in [5.74, 6) is 0.244. The molecule has 0 radical (unpaired) electrons. The first-order chi connectivity index (χ1) is 10.1. The number of pyridine rings is 1. The topological polar surface area (TPSA) is 51.2 Å². The van der Waals surface area contributed by atoms with Gasteiger partial charge in [-0.3, -0.25) is 9.78 Å². The zero-order valence-electron chi connectivity index (χ0n) is 11.4. The molecular weight excluding hydrogens is 311 g/mol. The fourth-order valence-electron chi connectivity index (χ4n) is 1.63. The van der Waals surface area contributed by atoms with Crippen LogP contribution in [0.2, 0.25) is 10.0 Å². The molecule has 0 fully saturated rings. The van der Waals surface area contributed by atoms with Gasteiger partial charge in [0.15, 0.2) is 0 Å². The average molecular weight is 325 g/mol. The summed E-state index contributed by atoms with van der Waals surface area (Å²) in [6.45, 7) is 2.61. The van der Waals surface area contributed by atoms with Gasteiger partial charge in [0.05, 0.1) is 11.6 Å². The second kappa shape index (κ2) is 7.29. The second-order valence-corrected chi connectivity index (χ2v) is 5.15. The lowest BCUT2D eigenvalue weighted by atomic mass is 10.2. The lowest BCUT2D eigenvalue weighted by Gasteiger charge is -2.09. The van der Waals surface area contributed by atoms with E-state index in [9.17, 15) is 4.79 Å². The number of amides is 1. The van der Waals surface area contributed by atoms with Gasteiger partial charge in [-0.1, -0.05) is 30.1 Å². The molecule has 110 valence electrons. The monoisotopic (exact) mass is 324 g/mol. The Bertz CT molecular complexity index is 647. The molecular formula is C15H14Cl2N2O2. The lowest BCUT2D eigenvalue weighted by Crippen LogP contribution is -2.13. The van der Waals surface area contributed by atoms with E-state index in [1.54, 1.807) is 24.3 Å². The van der Waals surface area contributed by atoms with Crippen LogP contribution in [0.5, 0.6) is 5.75 Å². The molecule has 0 bridgehead atoms. The highest BCUT2D eigenvalue weighted by atomic mass is 35.5. The number of rotatable bonds is 5. The Morgan fingerprint density at radius 3 is 2.76 bits per heavy atom. The summed E-state index contributed by atoms with van der Waals surface area (Å²) in [4.78, 5) is 16.0. The smallest absolute Gasteiger partial charge is 0.274 e. The third kappa shape index (κ3) is 4.34. The molecule has 2 rings (SSSR count). The van der Waals surface area contributed by atoms with Crippen molar-refractivity contribution >= 4 is 34.8 Å². The Labute approximate surface area is 133 Å². The van der Waals surface area contributed by atoms with Crippen molar-refractivity contribution in [3.8, 4) is 5.75 Å². The Balaban J connectivity index is 2.09. The van der Waals surface area contributed by atoms with E-state index in [2.05, 4.69) is 10.3 Å². The fourth-order valence-corrected chi connectivity index (χ4v) is 2.03. The van der Waals surface area contributed by atoms with Gasteiger partial charge in [-0.25, -0.2) is 0 Å². The second-order valence-electron chi connectivity index (χ2n) is 4.31. The van der Waals surface area contributed by atoms with E-state index >= 15 is 0 Å². The van der Waals surface area contributed by atoms with E-state index in [-0.39, 0.29) is 11.6 Å². The highest BCUT2D eigenvalue weighted by Gasteiger charge is 2.10. The molecule has 1 amide bonds. The Hall–Kier alpha value is -1.78. The molecule has 1 aromatic heterocycles. The predicted molar refractivity (Wildman–Crippen MR) is 84.4 cm³/mol. The van der Waals surface area contributed by atoms with Crippen molar-refractivity contribution < 1.29 is 9.53 Å². The quantitative estimate of drug-likeness (QED) is 0.885. The first-order valence-electron chi connectivity index (χ1n) is 6.45. The molecule has 1 heterocycles. The molecule has 4 nitrogen and oxygen atoms in total. The minimum absolute atomic E-state index is 0.241. The van der Waals surface area contributed by atoms with Gasteiger partial charge in [-0.2, -0.15) is 0 Å². The standard InChI is InChI=1S/C15H14Cl2N2O2/c1-2-7-21-14-4-3-11(9-12(14)17)19-15(20)13-8-10(16)5-6-18-13/h3-6,8-9H,2,7H2,1H3,(H,19,20). The Kier molecular flexibility index (Phi) is 5.42. The number of aromatic nitrogens is 1. The van der Waals surface area contributed by atoms with Crippen molar-refractivity contribution in [3.05, 3.63) is 52.3 Å². The maximum Gasteiger partial charge on any atom is 0.274 e. The number of halogens is 2. The van der Waals surface area contributed by atoms with Crippen LogP contribution in [0.4, 0.5) is 5.69 Å². The molecule has 6 heteroatoms. The van der Waals surface area contributed by atoms with Crippen LogP contribution in [-0.4, -0.2) is 17.5 Å². The van der Waals surface area contributed by atoms with Crippen molar-refractivity contribution in [2.45, 2.75) is 13.3 Å². The van der Waals surface area contributed by atoms with Crippen molar-refractivity contribution in [2.75, 3.05) is 11.9 Å². The number of hydrogen-bond donors (Lipinski definition) is 1. The molecule has 0 saturated carbocycles. The van der Waals surface area contributed by atoms with Gasteiger partial charge >= 0.3 is 0 Å². The van der Waals surface area contributed by atoms with Crippen molar-refractivity contribution in [3.63, 3.8) is 0 Å². The summed E-state index contributed by atoms with van der Waals surface area (Å²) < 4.78 is 5.47. The van der Waals surface area contributed by atoms with Crippen LogP contribution in [0.3, 0.4) is 0 Å². The maximum absolute atomic E-state index is 12.0. The van der Waals surface area contributed by atoms with Gasteiger partial charge in [0.1, 0.15) is 11.4 Å². The number of carbonyl (C=O) groups excluding carboxylic acids is 1. The Morgan fingerprint density at radius 2 is 2.10 bits per heavy atom. The summed E-state index contributed by atoms with van der Waals surface area (Å²) in [5.41, 5.74) is 0.806. The molecule has 2 aromatic rings. The molecule has 0 aliphatic rings. The minimum atomic E-state index is -0.351. The third-order valence-electron chi connectivity index (χ3n) is 2.61. The van der Waals surface area contributed by atoms with Gasteiger partial charge in [0.25, 0.3) is 5.91 Å². The number of carbonyl (C=O) groups is 1. The SMILES string of the molecule is CCCOc1ccc(NC(=O)c2cc(Cl)ccn2)cc1Cl. The highest BCUT2D eigenvalue weighted by molar-refractivity contribution is 6.32. The number of benzene rings is 1. The van der Waals surface area contributed by atoms with E-state index in [0.717, 1.165) is 6.42 Å². The first-order valence-corrected chi connectivity index (χ1v) is 7.21. The highest BCUT2D eigenvalue weighted by Crippen LogP contribution is 2.28. The summed E-state index contributed by atoms with van der Waals surface area (Å²) in [5, 5.41) is 3.61. The molecule has 1 aromatic carbocycles. The maximum atomic E-state index is 12.0. The molecule has 0 aliphatic carbocycles. The van der Waals surface area contributed by atoms with Crippen LogP contribution < -0.4 is 10.1 Å². The summed E-state index contributed by atoms with van der Waals surface area (Å²) in [7, 11) is 0. The number of anilines is 1. The fraction of sp³-hybridized carbons (Fsp3) is 0.200. The number of nitrogens with one attached hydrogen (secondary N) is 1. The van der Waals surface area contributed by atoms with Crippen molar-refractivity contribution in [2.24, 2.45) is 0 Å². The van der Waals surface area contributed by atoms with Crippen LogP contribution in [-0.2, 0) is 0 Å². The summed E-state index contributed by atoms with van der Waals surface area (Å²) in [6.07, 6.45) is 2.38. The van der Waals surface area contributed by atoms with Crippen LogP contribution in [0.1, 0.15) is 23.8 Å². The largest absolute Gasteiger partial charge is 0.492 e. The average Bonchev–Trinajstić information content (AvgIpc) is 2.46. The lowest BCUT2D eigenvalue weighted by molar-refractivity contribution is 0.102. The van der Waals surface area contributed by atoms with E-state index in [4.69, 9.17) is 27.9 Å². The van der Waals surface area contributed by atoms with Crippen molar-refractivity contribution in [1.82, 2.24) is 4.98 Å². The van der Waals surface area contributed by atoms with Gasteiger partial charge in [0, 0.05) is 16.9 Å². The summed E-state index contributed by atoms with van der Waals surface area (Å²) >= 11 is 11.9. The van der Waals surface area contributed by atoms with E-state index < -0.39 is 0 Å². The number of hydrogen-bond acceptors (Lipinski definition) is 3. The van der Waals surface area contributed by atoms with Gasteiger partial charge < -0.3 is 10.1 Å². The zero-order valence-corrected chi connectivity index (χ0v) is 12.9. The van der Waals surface area contributed by atoms with E-state index in [1.165, 1.54) is 12.3 Å². The zero-order chi connectivity index (χ0) is 15.2. The van der Waals surface area contributed by atoms with E-state index in [0.29, 0.717) is 28.1 Å². The van der Waals surface area contributed by atoms with Gasteiger partial charge in [-0.15, -0.1) is 0 Å². The van der Waals surface area contributed by atoms with Crippen LogP contribution in [0, 0.1) is 0 Å². The molecule has 0 unspecified atom stereocenters. The normalized spacial score (nSPS) is 10.2. The van der Waals surface area contributed by atoms with Crippen LogP contribution in [0.15, 0.2) is 36.5 Å². The predicted octanol–water partition coefficient (Wildman–Crippen LogP) is 4.43. The van der Waals surface area contributed by atoms with Crippen LogP contribution >= 0.6 is 23.2 Å². The van der Waals surface area contributed by atoms with Gasteiger partial charge in [0.2, 0.25) is 0 Å². The molecule has 1 N–H and O–H groups in total. The third-order valence-corrected chi connectivity index (χ3v) is 3.14. The number of ether oxygens (including phenoxy) is 1. The number of nitrogens with zero attached hydrogens (tertiary/aromatic N) is 1. The molecule has 0 aliphatic heterocycles. The summed E-state index contributed by atoms with van der Waals surface area (Å²) in [6, 6.07) is 8.18. The molecule has 0 saturated heterocycles. The molecule has 0 spiro atoms. The first kappa shape index (κ1) is 15.6. The molecule has 21 heavy (non-hydrogen) atoms. The van der Waals surface area contributed by atoms with E-state index in [1.807, 2.05) is 6.92 Å². The van der Waals surface area contributed by atoms with Gasteiger partial charge in [-0.05, 0) is 36.8 Å². The van der Waals surface area contributed by atoms with Crippen LogP contribution in [0.25, 0.3) is 0 Å². The molecule has 0 atom stereocenters. The Morgan fingerprint density at radius 1 is 1.29 bits per heavy atom. The minimum Gasteiger partial charge on any atom is -0.492 e.